The van der Waals surface area contributed by atoms with Crippen molar-refractivity contribution in [2.45, 2.75) is 19.9 Å². The Morgan fingerprint density at radius 1 is 1.25 bits per heavy atom. The molecule has 1 fully saturated rings. The largest absolute Gasteiger partial charge is 0.497 e. The molecule has 0 amide bonds. The molecule has 5 rings (SSSR count). The highest BCUT2D eigenvalue weighted by molar-refractivity contribution is 7.07. The van der Waals surface area contributed by atoms with E-state index in [1.807, 2.05) is 6.07 Å². The van der Waals surface area contributed by atoms with Gasteiger partial charge in [-0.25, -0.2) is 9.79 Å². The summed E-state index contributed by atoms with van der Waals surface area (Å²) in [6.45, 7) is 5.92. The van der Waals surface area contributed by atoms with Crippen LogP contribution in [0.25, 0.3) is 6.08 Å². The zero-order valence-electron chi connectivity index (χ0n) is 22.3. The fourth-order valence-electron chi connectivity index (χ4n) is 4.92. The minimum absolute atomic E-state index is 0.0780. The molecule has 0 saturated carbocycles. The summed E-state index contributed by atoms with van der Waals surface area (Å²) in [5, 5.41) is 11.6. The van der Waals surface area contributed by atoms with Crippen LogP contribution in [0.4, 0.5) is 11.4 Å². The summed E-state index contributed by atoms with van der Waals surface area (Å²) >= 11 is 1.16. The number of nitro groups is 1. The van der Waals surface area contributed by atoms with Crippen LogP contribution in [-0.4, -0.2) is 55.5 Å². The normalized spacial score (nSPS) is 17.3. The first-order chi connectivity index (χ1) is 19.3. The third-order valence-electron chi connectivity index (χ3n) is 6.79. The maximum absolute atomic E-state index is 14.0. The molecule has 2 aliphatic rings. The number of allylic oxidation sites excluding steroid dienone is 1. The van der Waals surface area contributed by atoms with Gasteiger partial charge < -0.3 is 19.1 Å². The van der Waals surface area contributed by atoms with Gasteiger partial charge in [0.15, 0.2) is 4.80 Å². The van der Waals surface area contributed by atoms with Gasteiger partial charge in [-0.2, -0.15) is 0 Å². The Balaban J connectivity index is 1.72. The van der Waals surface area contributed by atoms with Crippen LogP contribution in [0.2, 0.25) is 0 Å². The van der Waals surface area contributed by atoms with Crippen molar-refractivity contribution in [3.8, 4) is 5.75 Å². The Morgan fingerprint density at radius 3 is 2.73 bits per heavy atom. The monoisotopic (exact) mass is 564 g/mol. The van der Waals surface area contributed by atoms with E-state index in [2.05, 4.69) is 9.89 Å². The van der Waals surface area contributed by atoms with Crippen molar-refractivity contribution in [1.29, 1.82) is 0 Å². The third kappa shape index (κ3) is 5.15. The summed E-state index contributed by atoms with van der Waals surface area (Å²) in [5.41, 5.74) is 2.24. The molecule has 0 bridgehead atoms. The SMILES string of the molecule is CCOC(=O)C1=C(C)N=c2s/c(=C\c3cc([N+](=O)[O-])ccc3N3CCOCC3)c(=O)n2[C@@H]1c1cccc(OC)c1. The second-order valence-electron chi connectivity index (χ2n) is 9.18. The van der Waals surface area contributed by atoms with Crippen molar-refractivity contribution in [3.63, 3.8) is 0 Å². The van der Waals surface area contributed by atoms with Gasteiger partial charge in [0.2, 0.25) is 0 Å². The summed E-state index contributed by atoms with van der Waals surface area (Å²) in [6.07, 6.45) is 1.66. The van der Waals surface area contributed by atoms with Crippen LogP contribution in [0.1, 0.15) is 31.0 Å². The molecule has 2 aliphatic heterocycles. The molecule has 3 heterocycles. The molecule has 1 atom stereocenters. The van der Waals surface area contributed by atoms with Crippen LogP contribution < -0.4 is 24.5 Å². The maximum Gasteiger partial charge on any atom is 0.338 e. The van der Waals surface area contributed by atoms with Gasteiger partial charge in [0.25, 0.3) is 11.2 Å². The molecule has 0 unspecified atom stereocenters. The number of thiazole rings is 1. The number of rotatable bonds is 7. The van der Waals surface area contributed by atoms with Crippen molar-refractivity contribution in [3.05, 3.63) is 94.7 Å². The molecule has 1 saturated heterocycles. The van der Waals surface area contributed by atoms with E-state index in [0.29, 0.717) is 58.2 Å². The number of carbonyl (C=O) groups is 1. The van der Waals surface area contributed by atoms with Crippen LogP contribution in [0, 0.1) is 10.1 Å². The number of ether oxygens (including phenoxy) is 3. The predicted molar refractivity (Wildman–Crippen MR) is 150 cm³/mol. The average molecular weight is 565 g/mol. The lowest BCUT2D eigenvalue weighted by atomic mass is 9.95. The molecule has 12 heteroatoms. The minimum Gasteiger partial charge on any atom is -0.497 e. The lowest BCUT2D eigenvalue weighted by Crippen LogP contribution is -2.40. The molecular formula is C28H28N4O7S. The van der Waals surface area contributed by atoms with E-state index < -0.39 is 16.9 Å². The Labute approximate surface area is 233 Å². The number of esters is 1. The van der Waals surface area contributed by atoms with E-state index in [4.69, 9.17) is 14.2 Å². The van der Waals surface area contributed by atoms with Gasteiger partial charge in [-0.1, -0.05) is 23.5 Å². The molecular weight excluding hydrogens is 536 g/mol. The van der Waals surface area contributed by atoms with Gasteiger partial charge in [-0.05, 0) is 43.7 Å². The number of benzene rings is 2. The number of nitro benzene ring substituents is 1. The Kier molecular flexibility index (Phi) is 7.81. The molecule has 3 aromatic rings. The Bertz CT molecular complexity index is 1680. The summed E-state index contributed by atoms with van der Waals surface area (Å²) in [5.74, 6) is 0.0170. The number of carbonyl (C=O) groups excluding carboxylic acids is 1. The topological polar surface area (TPSA) is 126 Å². The second kappa shape index (κ2) is 11.4. The van der Waals surface area contributed by atoms with E-state index in [1.165, 1.54) is 16.7 Å². The summed E-state index contributed by atoms with van der Waals surface area (Å²) in [7, 11) is 1.54. The maximum atomic E-state index is 14.0. The van der Waals surface area contributed by atoms with E-state index in [-0.39, 0.29) is 23.4 Å². The number of morpholine rings is 1. The first-order valence-corrected chi connectivity index (χ1v) is 13.6. The van der Waals surface area contributed by atoms with Crippen molar-refractivity contribution >= 4 is 34.8 Å². The van der Waals surface area contributed by atoms with Crippen LogP contribution in [-0.2, 0) is 14.3 Å². The first-order valence-electron chi connectivity index (χ1n) is 12.8. The summed E-state index contributed by atoms with van der Waals surface area (Å²) < 4.78 is 18.0. The van der Waals surface area contributed by atoms with Gasteiger partial charge in [0, 0.05) is 36.5 Å². The minimum atomic E-state index is -0.795. The number of nitrogens with zero attached hydrogens (tertiary/aromatic N) is 4. The number of aromatic nitrogens is 1. The smallest absolute Gasteiger partial charge is 0.338 e. The highest BCUT2D eigenvalue weighted by atomic mass is 32.1. The molecule has 0 radical (unpaired) electrons. The number of anilines is 1. The molecule has 0 spiro atoms. The van der Waals surface area contributed by atoms with Crippen LogP contribution >= 0.6 is 11.3 Å². The van der Waals surface area contributed by atoms with Crippen molar-refractivity contribution in [2.75, 3.05) is 44.9 Å². The number of hydrogen-bond acceptors (Lipinski definition) is 10. The number of non-ortho nitro benzene ring substituents is 1. The molecule has 11 nitrogen and oxygen atoms in total. The van der Waals surface area contributed by atoms with E-state index in [1.54, 1.807) is 51.3 Å². The number of methoxy groups -OCH3 is 1. The lowest BCUT2D eigenvalue weighted by molar-refractivity contribution is -0.384. The Hall–Kier alpha value is -4.29. The molecule has 2 aromatic carbocycles. The van der Waals surface area contributed by atoms with Gasteiger partial charge in [0.1, 0.15) is 5.75 Å². The van der Waals surface area contributed by atoms with Crippen LogP contribution in [0.3, 0.4) is 0 Å². The number of fused-ring (bicyclic) bond motifs is 1. The summed E-state index contributed by atoms with van der Waals surface area (Å²) in [4.78, 5) is 45.3. The van der Waals surface area contributed by atoms with Crippen molar-refractivity contribution in [1.82, 2.24) is 4.57 Å². The van der Waals surface area contributed by atoms with E-state index >= 15 is 0 Å². The summed E-state index contributed by atoms with van der Waals surface area (Å²) in [6, 6.07) is 11.0. The first kappa shape index (κ1) is 27.3. The third-order valence-corrected chi connectivity index (χ3v) is 7.77. The second-order valence-corrected chi connectivity index (χ2v) is 10.2. The lowest BCUT2D eigenvalue weighted by Gasteiger charge is -2.30. The van der Waals surface area contributed by atoms with Crippen LogP contribution in [0.5, 0.6) is 5.75 Å². The molecule has 208 valence electrons. The van der Waals surface area contributed by atoms with Gasteiger partial charge in [0.05, 0.1) is 53.7 Å². The quantitative estimate of drug-likeness (QED) is 0.244. The number of hydrogen-bond donors (Lipinski definition) is 0. The van der Waals surface area contributed by atoms with Crippen LogP contribution in [0.15, 0.2) is 63.5 Å². The fraction of sp³-hybridized carbons (Fsp3) is 0.321. The Morgan fingerprint density at radius 2 is 2.02 bits per heavy atom. The zero-order valence-corrected chi connectivity index (χ0v) is 23.1. The zero-order chi connectivity index (χ0) is 28.4. The van der Waals surface area contributed by atoms with Gasteiger partial charge in [-0.15, -0.1) is 0 Å². The van der Waals surface area contributed by atoms with Crippen molar-refractivity contribution in [2.24, 2.45) is 4.99 Å². The molecule has 0 aliphatic carbocycles. The average Bonchev–Trinajstić information content (AvgIpc) is 3.26. The molecule has 40 heavy (non-hydrogen) atoms. The van der Waals surface area contributed by atoms with Crippen molar-refractivity contribution < 1.29 is 23.9 Å². The van der Waals surface area contributed by atoms with Gasteiger partial charge >= 0.3 is 5.97 Å². The van der Waals surface area contributed by atoms with Gasteiger partial charge in [-0.3, -0.25) is 19.5 Å². The van der Waals surface area contributed by atoms with E-state index in [0.717, 1.165) is 17.0 Å². The molecule has 0 N–H and O–H groups in total. The predicted octanol–water partition coefficient (Wildman–Crippen LogP) is 2.55. The molecule has 1 aromatic heterocycles. The highest BCUT2D eigenvalue weighted by Gasteiger charge is 2.33. The fourth-order valence-corrected chi connectivity index (χ4v) is 5.96. The van der Waals surface area contributed by atoms with E-state index in [9.17, 15) is 19.7 Å². The highest BCUT2D eigenvalue weighted by Crippen LogP contribution is 2.32. The standard InChI is InChI=1S/C28H28N4O7S/c1-4-39-27(34)24-17(2)29-28-31(25(24)18-6-5-7-21(15-18)37-3)26(33)23(40-28)16-19-14-20(32(35)36)8-9-22(19)30-10-12-38-13-11-30/h5-9,14-16,25H,4,10-13H2,1-3H3/b23-16-/t25-/m1/s1.